The number of hydrogen-bond acceptors (Lipinski definition) is 3. The first-order chi connectivity index (χ1) is 6.92. The first kappa shape index (κ1) is 11.8. The molecule has 0 saturated heterocycles. The largest absolute Gasteiger partial charge is 0.497 e. The molecule has 1 rings (SSSR count). The van der Waals surface area contributed by atoms with Crippen LogP contribution in [0.2, 0.25) is 0 Å². The predicted molar refractivity (Wildman–Crippen MR) is 57.7 cm³/mol. The van der Waals surface area contributed by atoms with Gasteiger partial charge in [0.2, 0.25) is 0 Å². The van der Waals surface area contributed by atoms with Crippen molar-refractivity contribution in [1.82, 2.24) is 0 Å². The SMILES string of the molecule is COc1ccc(F)c(NCC(C)(C)O)c1. The maximum Gasteiger partial charge on any atom is 0.146 e. The van der Waals surface area contributed by atoms with Crippen molar-refractivity contribution in [2.75, 3.05) is 19.0 Å². The van der Waals surface area contributed by atoms with Crippen molar-refractivity contribution in [2.24, 2.45) is 0 Å². The first-order valence-electron chi connectivity index (χ1n) is 4.72. The minimum Gasteiger partial charge on any atom is -0.497 e. The lowest BCUT2D eigenvalue weighted by Gasteiger charge is -2.19. The Morgan fingerprint density at radius 1 is 1.47 bits per heavy atom. The van der Waals surface area contributed by atoms with Crippen LogP contribution in [-0.2, 0) is 0 Å². The van der Waals surface area contributed by atoms with Gasteiger partial charge in [0.15, 0.2) is 0 Å². The molecule has 84 valence electrons. The molecular weight excluding hydrogens is 197 g/mol. The van der Waals surface area contributed by atoms with Crippen molar-refractivity contribution in [1.29, 1.82) is 0 Å². The zero-order valence-corrected chi connectivity index (χ0v) is 9.17. The van der Waals surface area contributed by atoms with E-state index in [0.717, 1.165) is 0 Å². The van der Waals surface area contributed by atoms with E-state index in [1.807, 2.05) is 0 Å². The molecule has 0 amide bonds. The van der Waals surface area contributed by atoms with E-state index in [2.05, 4.69) is 5.32 Å². The average molecular weight is 213 g/mol. The lowest BCUT2D eigenvalue weighted by Crippen LogP contribution is -2.29. The predicted octanol–water partition coefficient (Wildman–Crippen LogP) is 2.02. The molecule has 0 atom stereocenters. The molecule has 0 saturated carbocycles. The quantitative estimate of drug-likeness (QED) is 0.804. The number of rotatable bonds is 4. The Morgan fingerprint density at radius 3 is 2.67 bits per heavy atom. The molecule has 0 aromatic heterocycles. The fraction of sp³-hybridized carbons (Fsp3) is 0.455. The van der Waals surface area contributed by atoms with Gasteiger partial charge in [-0.3, -0.25) is 0 Å². The zero-order valence-electron chi connectivity index (χ0n) is 9.17. The molecule has 0 heterocycles. The van der Waals surface area contributed by atoms with Crippen molar-refractivity contribution in [3.63, 3.8) is 0 Å². The zero-order chi connectivity index (χ0) is 11.5. The maximum atomic E-state index is 13.3. The second-order valence-electron chi connectivity index (χ2n) is 4.01. The van der Waals surface area contributed by atoms with E-state index in [0.29, 0.717) is 11.4 Å². The molecule has 0 aliphatic rings. The Bertz CT molecular complexity index is 334. The van der Waals surface area contributed by atoms with Gasteiger partial charge in [0, 0.05) is 12.6 Å². The van der Waals surface area contributed by atoms with Crippen molar-refractivity contribution < 1.29 is 14.2 Å². The molecule has 4 heteroatoms. The standard InChI is InChI=1S/C11H16FNO2/c1-11(2,14)7-13-10-6-8(15-3)4-5-9(10)12/h4-6,13-14H,7H2,1-3H3. The van der Waals surface area contributed by atoms with Gasteiger partial charge in [-0.25, -0.2) is 4.39 Å². The van der Waals surface area contributed by atoms with Gasteiger partial charge in [0.25, 0.3) is 0 Å². The van der Waals surface area contributed by atoms with E-state index in [1.54, 1.807) is 26.0 Å². The molecule has 2 N–H and O–H groups in total. The minimum absolute atomic E-state index is 0.275. The third-order valence-electron chi connectivity index (χ3n) is 1.88. The Hall–Kier alpha value is -1.29. The number of halogens is 1. The van der Waals surface area contributed by atoms with E-state index < -0.39 is 5.60 Å². The highest BCUT2D eigenvalue weighted by molar-refractivity contribution is 5.49. The van der Waals surface area contributed by atoms with E-state index in [4.69, 9.17) is 4.74 Å². The molecule has 0 radical (unpaired) electrons. The van der Waals surface area contributed by atoms with Crippen LogP contribution in [0.5, 0.6) is 5.75 Å². The van der Waals surface area contributed by atoms with Crippen LogP contribution in [0.3, 0.4) is 0 Å². The number of methoxy groups -OCH3 is 1. The molecule has 0 spiro atoms. The van der Waals surface area contributed by atoms with Gasteiger partial charge in [-0.15, -0.1) is 0 Å². The molecule has 15 heavy (non-hydrogen) atoms. The van der Waals surface area contributed by atoms with E-state index in [9.17, 15) is 9.50 Å². The van der Waals surface area contributed by atoms with Gasteiger partial charge in [-0.2, -0.15) is 0 Å². The third-order valence-corrected chi connectivity index (χ3v) is 1.88. The second kappa shape index (κ2) is 4.49. The molecule has 3 nitrogen and oxygen atoms in total. The minimum atomic E-state index is -0.879. The Morgan fingerprint density at radius 2 is 2.13 bits per heavy atom. The molecular formula is C11H16FNO2. The summed E-state index contributed by atoms with van der Waals surface area (Å²) in [6.45, 7) is 3.58. The number of ether oxygens (including phenoxy) is 1. The monoisotopic (exact) mass is 213 g/mol. The number of aliphatic hydroxyl groups is 1. The van der Waals surface area contributed by atoms with Crippen LogP contribution in [-0.4, -0.2) is 24.4 Å². The number of hydrogen-bond donors (Lipinski definition) is 2. The van der Waals surface area contributed by atoms with E-state index in [1.165, 1.54) is 13.2 Å². The van der Waals surface area contributed by atoms with Gasteiger partial charge < -0.3 is 15.2 Å². The summed E-state index contributed by atoms with van der Waals surface area (Å²) in [6.07, 6.45) is 0. The Kier molecular flexibility index (Phi) is 3.52. The summed E-state index contributed by atoms with van der Waals surface area (Å²) in [5, 5.41) is 12.3. The average Bonchev–Trinajstić information content (AvgIpc) is 2.15. The summed E-state index contributed by atoms with van der Waals surface area (Å²) in [6, 6.07) is 4.43. The summed E-state index contributed by atoms with van der Waals surface area (Å²) >= 11 is 0. The molecule has 1 aromatic carbocycles. The van der Waals surface area contributed by atoms with Crippen molar-refractivity contribution in [3.8, 4) is 5.75 Å². The van der Waals surface area contributed by atoms with Crippen LogP contribution < -0.4 is 10.1 Å². The summed E-state index contributed by atoms with van der Waals surface area (Å²) in [4.78, 5) is 0. The summed E-state index contributed by atoms with van der Waals surface area (Å²) in [5.74, 6) is 0.217. The van der Waals surface area contributed by atoms with Crippen molar-refractivity contribution >= 4 is 5.69 Å². The number of anilines is 1. The van der Waals surface area contributed by atoms with Crippen LogP contribution in [0.15, 0.2) is 18.2 Å². The maximum absolute atomic E-state index is 13.3. The van der Waals surface area contributed by atoms with E-state index in [-0.39, 0.29) is 12.4 Å². The van der Waals surface area contributed by atoms with Crippen molar-refractivity contribution in [2.45, 2.75) is 19.4 Å². The number of benzene rings is 1. The first-order valence-corrected chi connectivity index (χ1v) is 4.72. The van der Waals surface area contributed by atoms with Crippen LogP contribution in [0.4, 0.5) is 10.1 Å². The Labute approximate surface area is 88.9 Å². The number of nitrogens with one attached hydrogen (secondary N) is 1. The molecule has 0 aliphatic carbocycles. The van der Waals surface area contributed by atoms with Gasteiger partial charge >= 0.3 is 0 Å². The van der Waals surface area contributed by atoms with Gasteiger partial charge in [0.1, 0.15) is 11.6 Å². The molecule has 0 fully saturated rings. The Balaban J connectivity index is 2.75. The van der Waals surface area contributed by atoms with Gasteiger partial charge in [-0.1, -0.05) is 0 Å². The second-order valence-corrected chi connectivity index (χ2v) is 4.01. The van der Waals surface area contributed by atoms with Gasteiger partial charge in [0.05, 0.1) is 18.4 Å². The highest BCUT2D eigenvalue weighted by atomic mass is 19.1. The molecule has 0 aliphatic heterocycles. The normalized spacial score (nSPS) is 11.3. The lowest BCUT2D eigenvalue weighted by atomic mass is 10.1. The summed E-state index contributed by atoms with van der Waals surface area (Å²) < 4.78 is 18.3. The highest BCUT2D eigenvalue weighted by Gasteiger charge is 2.13. The topological polar surface area (TPSA) is 41.5 Å². The fourth-order valence-electron chi connectivity index (χ4n) is 1.08. The summed E-state index contributed by atoms with van der Waals surface area (Å²) in [5.41, 5.74) is -0.549. The van der Waals surface area contributed by atoms with Crippen LogP contribution in [0, 0.1) is 5.82 Å². The molecule has 0 unspecified atom stereocenters. The highest BCUT2D eigenvalue weighted by Crippen LogP contribution is 2.21. The van der Waals surface area contributed by atoms with Crippen LogP contribution in [0.1, 0.15) is 13.8 Å². The fourth-order valence-corrected chi connectivity index (χ4v) is 1.08. The molecule has 0 bridgehead atoms. The van der Waals surface area contributed by atoms with Crippen LogP contribution in [0.25, 0.3) is 0 Å². The van der Waals surface area contributed by atoms with Gasteiger partial charge in [-0.05, 0) is 26.0 Å². The summed E-state index contributed by atoms with van der Waals surface area (Å²) in [7, 11) is 1.52. The lowest BCUT2D eigenvalue weighted by molar-refractivity contribution is 0.0944. The van der Waals surface area contributed by atoms with Crippen molar-refractivity contribution in [3.05, 3.63) is 24.0 Å². The smallest absolute Gasteiger partial charge is 0.146 e. The van der Waals surface area contributed by atoms with E-state index >= 15 is 0 Å². The van der Waals surface area contributed by atoms with Crippen LogP contribution >= 0.6 is 0 Å². The molecule has 1 aromatic rings. The third kappa shape index (κ3) is 3.75.